The molecule has 0 aliphatic rings. The number of carbonyl (C=O) groups is 1. The van der Waals surface area contributed by atoms with E-state index < -0.39 is 0 Å². The van der Waals surface area contributed by atoms with E-state index in [1.807, 2.05) is 32.0 Å². The molecular weight excluding hydrogens is 228 g/mol. The fourth-order valence-electron chi connectivity index (χ4n) is 1.71. The third-order valence-corrected chi connectivity index (χ3v) is 2.94. The van der Waals surface area contributed by atoms with Crippen LogP contribution in [0.25, 0.3) is 0 Å². The molecule has 1 aromatic rings. The van der Waals surface area contributed by atoms with Crippen LogP contribution in [0.15, 0.2) is 24.3 Å². The van der Waals surface area contributed by atoms with Crippen LogP contribution in [0.3, 0.4) is 0 Å². The minimum absolute atomic E-state index is 0.0497. The molecule has 0 heterocycles. The molecule has 0 radical (unpaired) electrons. The number of amides is 1. The number of nitrogens with one attached hydrogen (secondary N) is 1. The van der Waals surface area contributed by atoms with Crippen LogP contribution in [0.5, 0.6) is 0 Å². The third kappa shape index (κ3) is 4.13. The maximum atomic E-state index is 12.0. The Hall–Kier alpha value is -1.39. The van der Waals surface area contributed by atoms with Gasteiger partial charge in [-0.2, -0.15) is 0 Å². The van der Waals surface area contributed by atoms with E-state index in [1.165, 1.54) is 0 Å². The number of hydrogen-bond donors (Lipinski definition) is 3. The highest BCUT2D eigenvalue weighted by Gasteiger charge is 2.16. The van der Waals surface area contributed by atoms with E-state index in [-0.39, 0.29) is 24.5 Å². The summed E-state index contributed by atoms with van der Waals surface area (Å²) in [7, 11) is 0. The van der Waals surface area contributed by atoms with Crippen LogP contribution >= 0.6 is 0 Å². The van der Waals surface area contributed by atoms with Gasteiger partial charge in [-0.3, -0.25) is 4.79 Å². The molecule has 18 heavy (non-hydrogen) atoms. The van der Waals surface area contributed by atoms with E-state index in [0.29, 0.717) is 12.1 Å². The monoisotopic (exact) mass is 250 g/mol. The number of nitrogens with two attached hydrogens (primary N) is 1. The molecule has 4 N–H and O–H groups in total. The number of hydrogen-bond acceptors (Lipinski definition) is 3. The Morgan fingerprint density at radius 3 is 2.72 bits per heavy atom. The summed E-state index contributed by atoms with van der Waals surface area (Å²) in [6.07, 6.45) is 0.759. The molecule has 100 valence electrons. The topological polar surface area (TPSA) is 75.3 Å². The molecule has 0 aliphatic carbocycles. The van der Waals surface area contributed by atoms with Crippen molar-refractivity contribution in [1.82, 2.24) is 5.32 Å². The normalized spacial score (nSPS) is 12.5. The summed E-state index contributed by atoms with van der Waals surface area (Å²) in [6.45, 7) is 4.44. The van der Waals surface area contributed by atoms with Crippen molar-refractivity contribution in [2.75, 3.05) is 13.2 Å². The van der Waals surface area contributed by atoms with E-state index >= 15 is 0 Å². The summed E-state index contributed by atoms with van der Waals surface area (Å²) < 4.78 is 0. The van der Waals surface area contributed by atoms with Crippen LogP contribution in [0.1, 0.15) is 29.8 Å². The minimum Gasteiger partial charge on any atom is -0.394 e. The molecule has 0 saturated heterocycles. The Balaban J connectivity index is 2.74. The fourth-order valence-corrected chi connectivity index (χ4v) is 1.71. The number of rotatable bonds is 6. The van der Waals surface area contributed by atoms with E-state index in [2.05, 4.69) is 5.32 Å². The van der Waals surface area contributed by atoms with Gasteiger partial charge < -0.3 is 16.2 Å². The number of aliphatic hydroxyl groups is 1. The maximum absolute atomic E-state index is 12.0. The standard InChI is InChI=1S/C14H22N2O2/c1-10(2)13(9-17)16-14(18)12-5-3-4-11(8-12)6-7-15/h3-5,8,10,13,17H,6-7,9,15H2,1-2H3,(H,16,18)/t13-/m1/s1. The second-order valence-corrected chi connectivity index (χ2v) is 4.75. The van der Waals surface area contributed by atoms with Crippen LogP contribution in [-0.4, -0.2) is 30.2 Å². The fraction of sp³-hybridized carbons (Fsp3) is 0.500. The van der Waals surface area contributed by atoms with E-state index in [4.69, 9.17) is 5.73 Å². The highest BCUT2D eigenvalue weighted by atomic mass is 16.3. The van der Waals surface area contributed by atoms with Gasteiger partial charge in [-0.1, -0.05) is 26.0 Å². The highest BCUT2D eigenvalue weighted by Crippen LogP contribution is 2.08. The van der Waals surface area contributed by atoms with Crippen LogP contribution in [0.4, 0.5) is 0 Å². The molecule has 0 bridgehead atoms. The molecule has 0 spiro atoms. The molecule has 0 saturated carbocycles. The molecule has 0 aromatic heterocycles. The van der Waals surface area contributed by atoms with Crippen molar-refractivity contribution in [2.24, 2.45) is 11.7 Å². The van der Waals surface area contributed by atoms with Crippen molar-refractivity contribution in [2.45, 2.75) is 26.3 Å². The van der Waals surface area contributed by atoms with Gasteiger partial charge in [0.15, 0.2) is 0 Å². The second-order valence-electron chi connectivity index (χ2n) is 4.75. The van der Waals surface area contributed by atoms with Crippen molar-refractivity contribution in [3.63, 3.8) is 0 Å². The molecule has 1 aromatic carbocycles. The summed E-state index contributed by atoms with van der Waals surface area (Å²) >= 11 is 0. The molecule has 4 heteroatoms. The molecular formula is C14H22N2O2. The summed E-state index contributed by atoms with van der Waals surface area (Å²) in [5, 5.41) is 12.0. The van der Waals surface area contributed by atoms with Gasteiger partial charge in [0.2, 0.25) is 0 Å². The van der Waals surface area contributed by atoms with Gasteiger partial charge in [-0.25, -0.2) is 0 Å². The lowest BCUT2D eigenvalue weighted by molar-refractivity contribution is 0.0897. The lowest BCUT2D eigenvalue weighted by atomic mass is 10.0. The Labute approximate surface area is 108 Å². The van der Waals surface area contributed by atoms with Crippen molar-refractivity contribution < 1.29 is 9.90 Å². The first kappa shape index (κ1) is 14.7. The number of carbonyl (C=O) groups excluding carboxylic acids is 1. The van der Waals surface area contributed by atoms with Gasteiger partial charge in [0.05, 0.1) is 12.6 Å². The first-order chi connectivity index (χ1) is 8.58. The highest BCUT2D eigenvalue weighted by molar-refractivity contribution is 5.94. The first-order valence-electron chi connectivity index (χ1n) is 6.29. The van der Waals surface area contributed by atoms with Crippen LogP contribution in [0, 0.1) is 5.92 Å². The van der Waals surface area contributed by atoms with Crippen molar-refractivity contribution in [3.8, 4) is 0 Å². The van der Waals surface area contributed by atoms with Crippen LogP contribution < -0.4 is 11.1 Å². The van der Waals surface area contributed by atoms with Gasteiger partial charge in [0, 0.05) is 5.56 Å². The summed E-state index contributed by atoms with van der Waals surface area (Å²) in [5.74, 6) is 0.0489. The van der Waals surface area contributed by atoms with Gasteiger partial charge in [0.25, 0.3) is 5.91 Å². The Morgan fingerprint density at radius 1 is 1.44 bits per heavy atom. The molecule has 0 aliphatic heterocycles. The van der Waals surface area contributed by atoms with Gasteiger partial charge in [-0.05, 0) is 36.6 Å². The van der Waals surface area contributed by atoms with E-state index in [1.54, 1.807) is 6.07 Å². The van der Waals surface area contributed by atoms with Crippen LogP contribution in [-0.2, 0) is 6.42 Å². The first-order valence-corrected chi connectivity index (χ1v) is 6.29. The summed E-state index contributed by atoms with van der Waals surface area (Å²) in [6, 6.07) is 7.20. The Kier molecular flexibility index (Phi) is 5.82. The van der Waals surface area contributed by atoms with Gasteiger partial charge >= 0.3 is 0 Å². The molecule has 0 unspecified atom stereocenters. The zero-order valence-corrected chi connectivity index (χ0v) is 11.0. The van der Waals surface area contributed by atoms with Gasteiger partial charge in [-0.15, -0.1) is 0 Å². The Bertz CT molecular complexity index is 391. The number of benzene rings is 1. The van der Waals surface area contributed by atoms with E-state index in [9.17, 15) is 9.90 Å². The predicted molar refractivity (Wildman–Crippen MR) is 72.4 cm³/mol. The Morgan fingerprint density at radius 2 is 2.17 bits per heavy atom. The van der Waals surface area contributed by atoms with E-state index in [0.717, 1.165) is 12.0 Å². The quantitative estimate of drug-likeness (QED) is 0.703. The van der Waals surface area contributed by atoms with Crippen molar-refractivity contribution >= 4 is 5.91 Å². The van der Waals surface area contributed by atoms with Crippen LogP contribution in [0.2, 0.25) is 0 Å². The summed E-state index contributed by atoms with van der Waals surface area (Å²) in [5.41, 5.74) is 7.16. The SMILES string of the molecule is CC(C)[C@@H](CO)NC(=O)c1cccc(CCN)c1. The summed E-state index contributed by atoms with van der Waals surface area (Å²) in [4.78, 5) is 12.0. The zero-order valence-electron chi connectivity index (χ0n) is 11.0. The smallest absolute Gasteiger partial charge is 0.251 e. The molecule has 4 nitrogen and oxygen atoms in total. The minimum atomic E-state index is -0.212. The third-order valence-electron chi connectivity index (χ3n) is 2.94. The lowest BCUT2D eigenvalue weighted by Gasteiger charge is -2.20. The average molecular weight is 250 g/mol. The predicted octanol–water partition coefficient (Wildman–Crippen LogP) is 0.935. The molecule has 1 amide bonds. The number of aliphatic hydroxyl groups excluding tert-OH is 1. The second kappa shape index (κ2) is 7.13. The zero-order chi connectivity index (χ0) is 13.5. The van der Waals surface area contributed by atoms with Gasteiger partial charge in [0.1, 0.15) is 0 Å². The van der Waals surface area contributed by atoms with Crippen molar-refractivity contribution in [1.29, 1.82) is 0 Å². The molecule has 1 atom stereocenters. The average Bonchev–Trinajstić information content (AvgIpc) is 2.36. The molecule has 1 rings (SSSR count). The van der Waals surface area contributed by atoms with Crippen molar-refractivity contribution in [3.05, 3.63) is 35.4 Å². The maximum Gasteiger partial charge on any atom is 0.251 e. The lowest BCUT2D eigenvalue weighted by Crippen LogP contribution is -2.41. The molecule has 0 fully saturated rings. The largest absolute Gasteiger partial charge is 0.394 e.